The van der Waals surface area contributed by atoms with Crippen molar-refractivity contribution in [2.45, 2.75) is 33.1 Å². The van der Waals surface area contributed by atoms with Crippen LogP contribution in [-0.2, 0) is 17.9 Å². The summed E-state index contributed by atoms with van der Waals surface area (Å²) < 4.78 is 10.8. The highest BCUT2D eigenvalue weighted by molar-refractivity contribution is 5.80. The summed E-state index contributed by atoms with van der Waals surface area (Å²) in [5.41, 5.74) is 1.55. The topological polar surface area (TPSA) is 71.7 Å². The number of aliphatic hydroxyl groups excluding tert-OH is 1. The Morgan fingerprint density at radius 1 is 1.38 bits per heavy atom. The molecule has 5 nitrogen and oxygen atoms in total. The van der Waals surface area contributed by atoms with Gasteiger partial charge in [0.1, 0.15) is 11.5 Å². The van der Waals surface area contributed by atoms with E-state index < -0.39 is 6.10 Å². The first kappa shape index (κ1) is 15.1. The number of nitrogens with one attached hydrogen (secondary N) is 1. The summed E-state index contributed by atoms with van der Waals surface area (Å²) in [4.78, 5) is 12.0. The molecular formula is C16H19NO4. The molecule has 2 N–H and O–H groups in total. The molecule has 0 aliphatic heterocycles. The molecule has 1 heterocycles. The van der Waals surface area contributed by atoms with Crippen LogP contribution in [0.15, 0.2) is 41.0 Å². The van der Waals surface area contributed by atoms with E-state index in [0.717, 1.165) is 5.56 Å². The van der Waals surface area contributed by atoms with Gasteiger partial charge in [0.15, 0.2) is 6.10 Å². The molecule has 2 rings (SSSR count). The minimum atomic E-state index is -0.661. The number of carbonyl (C=O) groups excluding carboxylic acids is 1. The second-order valence-electron chi connectivity index (χ2n) is 4.78. The average molecular weight is 289 g/mol. The van der Waals surface area contributed by atoms with Gasteiger partial charge in [0.05, 0.1) is 19.4 Å². The fraction of sp³-hybridized carbons (Fsp3) is 0.312. The predicted molar refractivity (Wildman–Crippen MR) is 77.7 cm³/mol. The highest BCUT2D eigenvalue weighted by atomic mass is 16.5. The van der Waals surface area contributed by atoms with Crippen LogP contribution in [0.3, 0.4) is 0 Å². The number of aliphatic hydroxyl groups is 1. The maximum atomic E-state index is 12.0. The van der Waals surface area contributed by atoms with E-state index in [9.17, 15) is 9.90 Å². The normalized spacial score (nSPS) is 12.0. The zero-order chi connectivity index (χ0) is 15.2. The molecular weight excluding hydrogens is 270 g/mol. The lowest BCUT2D eigenvalue weighted by atomic mass is 10.1. The van der Waals surface area contributed by atoms with E-state index in [2.05, 4.69) is 5.32 Å². The summed E-state index contributed by atoms with van der Waals surface area (Å²) in [6, 6.07) is 9.05. The van der Waals surface area contributed by atoms with Gasteiger partial charge in [-0.05, 0) is 31.5 Å². The molecule has 1 aromatic carbocycles. The highest BCUT2D eigenvalue weighted by Gasteiger charge is 2.17. The van der Waals surface area contributed by atoms with Crippen molar-refractivity contribution in [3.05, 3.63) is 53.5 Å². The Bertz CT molecular complexity index is 592. The molecule has 0 radical (unpaired) electrons. The van der Waals surface area contributed by atoms with Crippen LogP contribution >= 0.6 is 0 Å². The second-order valence-corrected chi connectivity index (χ2v) is 4.78. The van der Waals surface area contributed by atoms with Crippen molar-refractivity contribution >= 4 is 5.91 Å². The fourth-order valence-electron chi connectivity index (χ4n) is 1.97. The van der Waals surface area contributed by atoms with Crippen molar-refractivity contribution in [3.8, 4) is 5.75 Å². The number of furan rings is 1. The minimum absolute atomic E-state index is 0.127. The van der Waals surface area contributed by atoms with E-state index in [0.29, 0.717) is 23.6 Å². The van der Waals surface area contributed by atoms with Gasteiger partial charge in [-0.1, -0.05) is 18.2 Å². The van der Waals surface area contributed by atoms with Gasteiger partial charge >= 0.3 is 0 Å². The van der Waals surface area contributed by atoms with E-state index in [-0.39, 0.29) is 12.5 Å². The lowest BCUT2D eigenvalue weighted by Gasteiger charge is -2.18. The van der Waals surface area contributed by atoms with Gasteiger partial charge in [-0.25, -0.2) is 0 Å². The molecule has 2 aromatic rings. The average Bonchev–Trinajstić information content (AvgIpc) is 3.00. The molecule has 0 aliphatic carbocycles. The SMILES string of the molecule is Cc1cccc(CO)c1OC(C)C(=O)NCc1ccco1. The number of aryl methyl sites for hydroxylation is 1. The smallest absolute Gasteiger partial charge is 0.261 e. The first-order chi connectivity index (χ1) is 10.1. The van der Waals surface area contributed by atoms with Crippen LogP contribution in [-0.4, -0.2) is 17.1 Å². The number of ether oxygens (including phenoxy) is 1. The maximum Gasteiger partial charge on any atom is 0.261 e. The zero-order valence-corrected chi connectivity index (χ0v) is 12.1. The molecule has 1 atom stereocenters. The van der Waals surface area contributed by atoms with Crippen molar-refractivity contribution < 1.29 is 19.1 Å². The molecule has 0 saturated heterocycles. The second kappa shape index (κ2) is 6.95. The summed E-state index contributed by atoms with van der Waals surface area (Å²) in [7, 11) is 0. The Balaban J connectivity index is 1.97. The number of para-hydroxylation sites is 1. The van der Waals surface area contributed by atoms with Crippen LogP contribution in [0.4, 0.5) is 0 Å². The first-order valence-corrected chi connectivity index (χ1v) is 6.78. The monoisotopic (exact) mass is 289 g/mol. The Morgan fingerprint density at radius 2 is 2.19 bits per heavy atom. The number of hydrogen-bond donors (Lipinski definition) is 2. The molecule has 0 fully saturated rings. The molecule has 0 aliphatic rings. The highest BCUT2D eigenvalue weighted by Crippen LogP contribution is 2.24. The van der Waals surface area contributed by atoms with Crippen LogP contribution in [0.1, 0.15) is 23.8 Å². The van der Waals surface area contributed by atoms with E-state index in [1.165, 1.54) is 0 Å². The first-order valence-electron chi connectivity index (χ1n) is 6.78. The largest absolute Gasteiger partial charge is 0.480 e. The van der Waals surface area contributed by atoms with E-state index in [1.54, 1.807) is 31.4 Å². The van der Waals surface area contributed by atoms with Gasteiger partial charge in [0.25, 0.3) is 5.91 Å². The lowest BCUT2D eigenvalue weighted by Crippen LogP contribution is -2.36. The fourth-order valence-corrected chi connectivity index (χ4v) is 1.97. The van der Waals surface area contributed by atoms with Crippen molar-refractivity contribution in [1.29, 1.82) is 0 Å². The number of rotatable bonds is 6. The molecule has 5 heteroatoms. The van der Waals surface area contributed by atoms with Crippen molar-refractivity contribution in [2.75, 3.05) is 0 Å². The zero-order valence-electron chi connectivity index (χ0n) is 12.1. The predicted octanol–water partition coefficient (Wildman–Crippen LogP) is 2.16. The van der Waals surface area contributed by atoms with Gasteiger partial charge in [0, 0.05) is 5.56 Å². The van der Waals surface area contributed by atoms with Gasteiger partial charge < -0.3 is 19.6 Å². The van der Waals surface area contributed by atoms with Crippen molar-refractivity contribution in [2.24, 2.45) is 0 Å². The summed E-state index contributed by atoms with van der Waals surface area (Å²) in [5, 5.41) is 12.1. The lowest BCUT2D eigenvalue weighted by molar-refractivity contribution is -0.127. The Labute approximate surface area is 123 Å². The molecule has 1 unspecified atom stereocenters. The summed E-state index contributed by atoms with van der Waals surface area (Å²) in [5.74, 6) is 1.00. The molecule has 0 saturated carbocycles. The standard InChI is InChI=1S/C16H19NO4/c1-11-5-3-6-13(10-18)15(11)21-12(2)16(19)17-9-14-7-4-8-20-14/h3-8,12,18H,9-10H2,1-2H3,(H,17,19). The third-order valence-corrected chi connectivity index (χ3v) is 3.14. The Kier molecular flexibility index (Phi) is 5.00. The molecule has 0 spiro atoms. The molecule has 112 valence electrons. The molecule has 1 amide bonds. The van der Waals surface area contributed by atoms with Gasteiger partial charge in [-0.3, -0.25) is 4.79 Å². The Morgan fingerprint density at radius 3 is 2.86 bits per heavy atom. The number of hydrogen-bond acceptors (Lipinski definition) is 4. The third kappa shape index (κ3) is 3.86. The van der Waals surface area contributed by atoms with Gasteiger partial charge in [-0.15, -0.1) is 0 Å². The number of benzene rings is 1. The van der Waals surface area contributed by atoms with Gasteiger partial charge in [0.2, 0.25) is 0 Å². The van der Waals surface area contributed by atoms with Crippen LogP contribution in [0.5, 0.6) is 5.75 Å². The van der Waals surface area contributed by atoms with Crippen molar-refractivity contribution in [3.63, 3.8) is 0 Å². The van der Waals surface area contributed by atoms with Gasteiger partial charge in [-0.2, -0.15) is 0 Å². The van der Waals surface area contributed by atoms with E-state index in [1.807, 2.05) is 19.1 Å². The minimum Gasteiger partial charge on any atom is -0.480 e. The van der Waals surface area contributed by atoms with E-state index >= 15 is 0 Å². The van der Waals surface area contributed by atoms with Crippen LogP contribution < -0.4 is 10.1 Å². The molecule has 1 aromatic heterocycles. The summed E-state index contributed by atoms with van der Waals surface area (Å²) in [6.45, 7) is 3.74. The summed E-state index contributed by atoms with van der Waals surface area (Å²) in [6.07, 6.45) is 0.897. The molecule has 0 bridgehead atoms. The number of amides is 1. The maximum absolute atomic E-state index is 12.0. The molecule has 21 heavy (non-hydrogen) atoms. The number of carbonyl (C=O) groups is 1. The van der Waals surface area contributed by atoms with Crippen LogP contribution in [0, 0.1) is 6.92 Å². The van der Waals surface area contributed by atoms with Crippen LogP contribution in [0.2, 0.25) is 0 Å². The quantitative estimate of drug-likeness (QED) is 0.855. The van der Waals surface area contributed by atoms with E-state index in [4.69, 9.17) is 9.15 Å². The summed E-state index contributed by atoms with van der Waals surface area (Å²) >= 11 is 0. The Hall–Kier alpha value is -2.27. The third-order valence-electron chi connectivity index (χ3n) is 3.14. The van der Waals surface area contributed by atoms with Crippen LogP contribution in [0.25, 0.3) is 0 Å². The van der Waals surface area contributed by atoms with Crippen molar-refractivity contribution in [1.82, 2.24) is 5.32 Å².